The van der Waals surface area contributed by atoms with E-state index >= 15 is 0 Å². The standard InChI is InChI=1S/C22H28O6/c1-14(23)26-19-11-20-18(10-21(25-2)28-20)17(19)8-9-22(24)12-16(13-22)27-15-6-4-3-5-7-15/h3-9,16-21,24H,10-13H2,1-2H3. The molecule has 152 valence electrons. The van der Waals surface area contributed by atoms with Crippen LogP contribution in [0.3, 0.4) is 0 Å². The Bertz CT molecular complexity index is 711. The van der Waals surface area contributed by atoms with E-state index in [4.69, 9.17) is 18.9 Å². The molecule has 6 nitrogen and oxygen atoms in total. The van der Waals surface area contributed by atoms with Crippen LogP contribution in [-0.2, 0) is 19.0 Å². The zero-order valence-electron chi connectivity index (χ0n) is 16.3. The first kappa shape index (κ1) is 19.4. The predicted octanol–water partition coefficient (Wildman–Crippen LogP) is 2.84. The number of fused-ring (bicyclic) bond motifs is 1. The molecule has 1 aromatic rings. The van der Waals surface area contributed by atoms with Gasteiger partial charge >= 0.3 is 5.97 Å². The lowest BCUT2D eigenvalue weighted by Crippen LogP contribution is -2.48. The van der Waals surface area contributed by atoms with Gasteiger partial charge in [0.15, 0.2) is 6.29 Å². The number of rotatable bonds is 6. The molecule has 2 saturated carbocycles. The molecule has 1 saturated heterocycles. The SMILES string of the molecule is COC1CC2C(CC(OC(C)=O)C2C=CC2(O)CC(Oc3ccccc3)C2)O1. The van der Waals surface area contributed by atoms with Crippen LogP contribution in [0.5, 0.6) is 5.75 Å². The number of ether oxygens (including phenoxy) is 4. The molecule has 0 amide bonds. The molecule has 1 heterocycles. The van der Waals surface area contributed by atoms with E-state index in [0.29, 0.717) is 19.3 Å². The summed E-state index contributed by atoms with van der Waals surface area (Å²) >= 11 is 0. The Morgan fingerprint density at radius 2 is 2.00 bits per heavy atom. The van der Waals surface area contributed by atoms with E-state index in [2.05, 4.69) is 0 Å². The average Bonchev–Trinajstić information content (AvgIpc) is 3.16. The average molecular weight is 388 g/mol. The molecule has 6 heteroatoms. The van der Waals surface area contributed by atoms with Crippen LogP contribution in [0.25, 0.3) is 0 Å². The van der Waals surface area contributed by atoms with Crippen molar-refractivity contribution in [1.29, 1.82) is 0 Å². The van der Waals surface area contributed by atoms with Crippen molar-refractivity contribution in [3.8, 4) is 5.75 Å². The van der Waals surface area contributed by atoms with Gasteiger partial charge in [-0.25, -0.2) is 0 Å². The molecule has 1 aromatic carbocycles. The van der Waals surface area contributed by atoms with Gasteiger partial charge in [-0.15, -0.1) is 0 Å². The molecular weight excluding hydrogens is 360 g/mol. The molecule has 1 N–H and O–H groups in total. The summed E-state index contributed by atoms with van der Waals surface area (Å²) in [5, 5.41) is 10.8. The van der Waals surface area contributed by atoms with Gasteiger partial charge in [0.25, 0.3) is 0 Å². The van der Waals surface area contributed by atoms with Crippen LogP contribution in [0.1, 0.15) is 32.6 Å². The second-order valence-corrected chi connectivity index (χ2v) is 8.12. The molecule has 28 heavy (non-hydrogen) atoms. The van der Waals surface area contributed by atoms with Crippen LogP contribution < -0.4 is 4.74 Å². The Kier molecular flexibility index (Phi) is 5.45. The van der Waals surface area contributed by atoms with Crippen molar-refractivity contribution in [2.24, 2.45) is 11.8 Å². The maximum Gasteiger partial charge on any atom is 0.302 e. The smallest absolute Gasteiger partial charge is 0.302 e. The molecule has 3 aliphatic rings. The van der Waals surface area contributed by atoms with Crippen molar-refractivity contribution in [3.05, 3.63) is 42.5 Å². The monoisotopic (exact) mass is 388 g/mol. The lowest BCUT2D eigenvalue weighted by molar-refractivity contribution is -0.150. The minimum absolute atomic E-state index is 0.00493. The molecule has 0 spiro atoms. The van der Waals surface area contributed by atoms with Gasteiger partial charge in [-0.1, -0.05) is 30.4 Å². The second-order valence-electron chi connectivity index (χ2n) is 8.12. The highest BCUT2D eigenvalue weighted by molar-refractivity contribution is 5.66. The Balaban J connectivity index is 1.38. The quantitative estimate of drug-likeness (QED) is 0.597. The summed E-state index contributed by atoms with van der Waals surface area (Å²) in [4.78, 5) is 11.5. The molecule has 5 unspecified atom stereocenters. The third kappa shape index (κ3) is 4.09. The van der Waals surface area contributed by atoms with Crippen molar-refractivity contribution in [1.82, 2.24) is 0 Å². The van der Waals surface area contributed by atoms with E-state index in [1.165, 1.54) is 6.92 Å². The number of hydrogen-bond acceptors (Lipinski definition) is 6. The highest BCUT2D eigenvalue weighted by Gasteiger charge is 2.51. The Hall–Kier alpha value is -1.89. The molecule has 5 atom stereocenters. The van der Waals surface area contributed by atoms with Crippen LogP contribution in [0.4, 0.5) is 0 Å². The van der Waals surface area contributed by atoms with E-state index in [9.17, 15) is 9.90 Å². The summed E-state index contributed by atoms with van der Waals surface area (Å²) in [5.74, 6) is 0.781. The third-order valence-electron chi connectivity index (χ3n) is 6.07. The van der Waals surface area contributed by atoms with Gasteiger partial charge in [0.1, 0.15) is 18.0 Å². The van der Waals surface area contributed by atoms with E-state index < -0.39 is 5.60 Å². The fourth-order valence-electron chi connectivity index (χ4n) is 4.71. The Labute approximate surface area is 165 Å². The first-order valence-electron chi connectivity index (χ1n) is 9.95. The molecular formula is C22H28O6. The number of para-hydroxylation sites is 1. The normalized spacial score (nSPS) is 39.5. The maximum atomic E-state index is 11.5. The predicted molar refractivity (Wildman–Crippen MR) is 102 cm³/mol. The van der Waals surface area contributed by atoms with Gasteiger partial charge in [0, 0.05) is 45.6 Å². The van der Waals surface area contributed by atoms with Crippen molar-refractivity contribution in [2.75, 3.05) is 7.11 Å². The highest BCUT2D eigenvalue weighted by Crippen LogP contribution is 2.46. The zero-order valence-corrected chi connectivity index (χ0v) is 16.3. The summed E-state index contributed by atoms with van der Waals surface area (Å²) < 4.78 is 22.7. The van der Waals surface area contributed by atoms with E-state index in [0.717, 1.165) is 12.2 Å². The van der Waals surface area contributed by atoms with Gasteiger partial charge in [-0.2, -0.15) is 0 Å². The molecule has 4 rings (SSSR count). The van der Waals surface area contributed by atoms with Crippen LogP contribution in [0, 0.1) is 11.8 Å². The molecule has 2 aliphatic carbocycles. The van der Waals surface area contributed by atoms with Crippen molar-refractivity contribution < 1.29 is 28.8 Å². The topological polar surface area (TPSA) is 74.2 Å². The summed E-state index contributed by atoms with van der Waals surface area (Å²) in [7, 11) is 1.64. The first-order valence-corrected chi connectivity index (χ1v) is 9.95. The van der Waals surface area contributed by atoms with E-state index in [-0.39, 0.29) is 42.4 Å². The summed E-state index contributed by atoms with van der Waals surface area (Å²) in [5.41, 5.74) is -0.877. The number of carbonyl (C=O) groups is 1. The van der Waals surface area contributed by atoms with Crippen LogP contribution >= 0.6 is 0 Å². The molecule has 1 aliphatic heterocycles. The van der Waals surface area contributed by atoms with Gasteiger partial charge in [0.2, 0.25) is 0 Å². The number of aliphatic hydroxyl groups is 1. The summed E-state index contributed by atoms with van der Waals surface area (Å²) in [6, 6.07) is 9.65. The first-order chi connectivity index (χ1) is 13.5. The number of carbonyl (C=O) groups excluding carboxylic acids is 1. The minimum Gasteiger partial charge on any atom is -0.490 e. The summed E-state index contributed by atoms with van der Waals surface area (Å²) in [6.45, 7) is 1.43. The largest absolute Gasteiger partial charge is 0.490 e. The summed E-state index contributed by atoms with van der Waals surface area (Å²) in [6.07, 6.45) is 6.01. The third-order valence-corrected chi connectivity index (χ3v) is 6.07. The lowest BCUT2D eigenvalue weighted by Gasteiger charge is -2.41. The Morgan fingerprint density at radius 1 is 1.25 bits per heavy atom. The van der Waals surface area contributed by atoms with Crippen molar-refractivity contribution in [3.63, 3.8) is 0 Å². The molecule has 3 fully saturated rings. The fraction of sp³-hybridized carbons (Fsp3) is 0.591. The minimum atomic E-state index is -0.877. The number of methoxy groups -OCH3 is 1. The zero-order chi connectivity index (χ0) is 19.7. The highest BCUT2D eigenvalue weighted by atomic mass is 16.7. The lowest BCUT2D eigenvalue weighted by atomic mass is 9.76. The number of hydrogen-bond donors (Lipinski definition) is 1. The van der Waals surface area contributed by atoms with E-state index in [1.54, 1.807) is 7.11 Å². The molecule has 0 radical (unpaired) electrons. The van der Waals surface area contributed by atoms with Crippen LogP contribution in [0.15, 0.2) is 42.5 Å². The van der Waals surface area contributed by atoms with E-state index in [1.807, 2.05) is 42.5 Å². The molecule has 0 aromatic heterocycles. The van der Waals surface area contributed by atoms with Gasteiger partial charge in [0.05, 0.1) is 11.7 Å². The number of benzene rings is 1. The van der Waals surface area contributed by atoms with Crippen LogP contribution in [0.2, 0.25) is 0 Å². The van der Waals surface area contributed by atoms with Crippen LogP contribution in [-0.4, -0.2) is 48.4 Å². The second kappa shape index (κ2) is 7.85. The fourth-order valence-corrected chi connectivity index (χ4v) is 4.71. The van der Waals surface area contributed by atoms with Crippen molar-refractivity contribution >= 4 is 5.97 Å². The van der Waals surface area contributed by atoms with Crippen molar-refractivity contribution in [2.45, 2.75) is 62.8 Å². The Morgan fingerprint density at radius 3 is 2.68 bits per heavy atom. The van der Waals surface area contributed by atoms with Gasteiger partial charge in [-0.3, -0.25) is 4.79 Å². The number of esters is 1. The van der Waals surface area contributed by atoms with Gasteiger partial charge in [-0.05, 0) is 18.1 Å². The van der Waals surface area contributed by atoms with Gasteiger partial charge < -0.3 is 24.1 Å². The maximum absolute atomic E-state index is 11.5. The molecule has 0 bridgehead atoms.